The van der Waals surface area contributed by atoms with Gasteiger partial charge >= 0.3 is 12.2 Å². The second kappa shape index (κ2) is 12.3. The van der Waals surface area contributed by atoms with Crippen LogP contribution in [0, 0.1) is 0 Å². The predicted octanol–water partition coefficient (Wildman–Crippen LogP) is 5.85. The van der Waals surface area contributed by atoms with Gasteiger partial charge in [0.25, 0.3) is 0 Å². The minimum absolute atomic E-state index is 0.407. The van der Waals surface area contributed by atoms with Crippen LogP contribution < -0.4 is 19.6 Å². The summed E-state index contributed by atoms with van der Waals surface area (Å²) in [5.74, 6) is 1.12. The third-order valence-electron chi connectivity index (χ3n) is 4.75. The number of para-hydroxylation sites is 2. The number of rotatable bonds is 10. The summed E-state index contributed by atoms with van der Waals surface area (Å²) < 4.78 is 17.3. The molecule has 0 aliphatic heterocycles. The monoisotopic (exact) mass is 486 g/mol. The first kappa shape index (κ1) is 23.9. The van der Waals surface area contributed by atoms with E-state index < -0.39 is 12.2 Å². The third kappa shape index (κ3) is 7.62. The lowest BCUT2D eigenvalue weighted by atomic mass is 10.2. The normalized spacial score (nSPS) is 10.8. The number of halogens is 1. The molecule has 0 aliphatic rings. The van der Waals surface area contributed by atoms with Gasteiger partial charge in [0.15, 0.2) is 0 Å². The van der Waals surface area contributed by atoms with E-state index in [2.05, 4.69) is 10.5 Å². The fourth-order valence-corrected chi connectivity index (χ4v) is 3.16. The zero-order valence-corrected chi connectivity index (χ0v) is 19.5. The number of hydrogen-bond donors (Lipinski definition) is 1. The zero-order chi connectivity index (χ0) is 24.3. The van der Waals surface area contributed by atoms with Crippen molar-refractivity contribution in [2.45, 2.75) is 12.9 Å². The van der Waals surface area contributed by atoms with Crippen molar-refractivity contribution in [3.63, 3.8) is 0 Å². The van der Waals surface area contributed by atoms with Gasteiger partial charge in [0.1, 0.15) is 23.9 Å². The lowest BCUT2D eigenvalue weighted by Gasteiger charge is -2.18. The number of amides is 1. The Labute approximate surface area is 208 Å². The molecule has 4 aromatic rings. The van der Waals surface area contributed by atoms with Crippen molar-refractivity contribution in [1.29, 1.82) is 0 Å². The van der Waals surface area contributed by atoms with Gasteiger partial charge in [-0.2, -0.15) is 5.10 Å². The molecule has 0 spiro atoms. The van der Waals surface area contributed by atoms with Crippen molar-refractivity contribution in [1.82, 2.24) is 5.43 Å². The number of nitrogens with one attached hydrogen (secondary N) is 1. The van der Waals surface area contributed by atoms with Crippen molar-refractivity contribution in [2.75, 3.05) is 0 Å². The van der Waals surface area contributed by atoms with Gasteiger partial charge in [-0.3, -0.25) is 4.79 Å². The van der Waals surface area contributed by atoms with E-state index in [9.17, 15) is 4.79 Å². The smallest absolute Gasteiger partial charge is 0.323 e. The molecule has 0 unspecified atom stereocenters. The molecular formula is C28H23ClN2O4. The second-order valence-corrected chi connectivity index (χ2v) is 7.85. The molecule has 4 rings (SSSR count). The predicted molar refractivity (Wildman–Crippen MR) is 136 cm³/mol. The maximum Gasteiger partial charge on any atom is 0.323 e. The summed E-state index contributed by atoms with van der Waals surface area (Å²) in [7, 11) is 0. The Morgan fingerprint density at radius 3 is 2.03 bits per heavy atom. The van der Waals surface area contributed by atoms with Gasteiger partial charge < -0.3 is 14.2 Å². The maximum atomic E-state index is 12.8. The number of carbonyl (C=O) groups excluding carboxylic acids is 1. The van der Waals surface area contributed by atoms with Gasteiger partial charge in [0.05, 0.1) is 6.21 Å². The summed E-state index contributed by atoms with van der Waals surface area (Å²) in [6.45, 7) is 0.407. The number of benzene rings is 4. The Bertz CT molecular complexity index is 1210. The van der Waals surface area contributed by atoms with Gasteiger partial charge in [-0.05, 0) is 59.7 Å². The molecule has 0 aromatic heterocycles. The van der Waals surface area contributed by atoms with Crippen LogP contribution in [0.4, 0.5) is 0 Å². The molecule has 0 atom stereocenters. The summed E-state index contributed by atoms with van der Waals surface area (Å²) in [6, 6.07) is 32.8. The van der Waals surface area contributed by atoms with Crippen LogP contribution in [-0.4, -0.2) is 18.4 Å². The van der Waals surface area contributed by atoms with Gasteiger partial charge in [-0.25, -0.2) is 5.43 Å². The van der Waals surface area contributed by atoms with E-state index >= 15 is 0 Å². The first-order valence-corrected chi connectivity index (χ1v) is 11.3. The number of carbonyl (C=O) groups is 1. The molecule has 6 nitrogen and oxygen atoms in total. The van der Waals surface area contributed by atoms with E-state index in [-0.39, 0.29) is 0 Å². The molecule has 0 radical (unpaired) electrons. The standard InChI is InChI=1S/C28H23ClN2O4/c29-23-16-14-21(15-17-23)20-33-26-13-7-8-22(18-26)19-30-31-27(32)28(34-24-9-3-1-4-10-24)35-25-11-5-2-6-12-25/h1-19,28H,20H2,(H,31,32)/b30-19+. The van der Waals surface area contributed by atoms with Gasteiger partial charge in [-0.1, -0.05) is 72.3 Å². The van der Waals surface area contributed by atoms with Crippen molar-refractivity contribution in [3.8, 4) is 17.2 Å². The van der Waals surface area contributed by atoms with Crippen LogP contribution in [0.15, 0.2) is 114 Å². The average Bonchev–Trinajstić information content (AvgIpc) is 2.89. The molecule has 0 saturated heterocycles. The van der Waals surface area contributed by atoms with Crippen molar-refractivity contribution >= 4 is 23.7 Å². The maximum absolute atomic E-state index is 12.8. The fraction of sp³-hybridized carbons (Fsp3) is 0.0714. The molecule has 0 heterocycles. The third-order valence-corrected chi connectivity index (χ3v) is 5.00. The topological polar surface area (TPSA) is 69.2 Å². The summed E-state index contributed by atoms with van der Waals surface area (Å²) in [6.07, 6.45) is 0.292. The summed E-state index contributed by atoms with van der Waals surface area (Å²) >= 11 is 5.92. The van der Waals surface area contributed by atoms with Gasteiger partial charge in [0, 0.05) is 5.02 Å². The van der Waals surface area contributed by atoms with E-state index in [1.54, 1.807) is 24.3 Å². The van der Waals surface area contributed by atoms with E-state index in [4.69, 9.17) is 25.8 Å². The first-order valence-electron chi connectivity index (χ1n) is 10.9. The minimum Gasteiger partial charge on any atom is -0.489 e. The molecule has 0 bridgehead atoms. The van der Waals surface area contributed by atoms with Crippen LogP contribution >= 0.6 is 11.6 Å². The number of ether oxygens (including phenoxy) is 3. The Kier molecular flexibility index (Phi) is 8.35. The number of hydrogen-bond acceptors (Lipinski definition) is 5. The van der Waals surface area contributed by atoms with E-state index in [0.717, 1.165) is 11.1 Å². The molecule has 0 aliphatic carbocycles. The van der Waals surface area contributed by atoms with E-state index in [1.807, 2.05) is 84.9 Å². The van der Waals surface area contributed by atoms with Crippen molar-refractivity contribution in [3.05, 3.63) is 125 Å². The van der Waals surface area contributed by atoms with Crippen LogP contribution in [0.2, 0.25) is 5.02 Å². The number of nitrogens with zero attached hydrogens (tertiary/aromatic N) is 1. The van der Waals surface area contributed by atoms with E-state index in [0.29, 0.717) is 28.9 Å². The van der Waals surface area contributed by atoms with Crippen LogP contribution in [0.3, 0.4) is 0 Å². The lowest BCUT2D eigenvalue weighted by Crippen LogP contribution is -2.40. The van der Waals surface area contributed by atoms with Crippen LogP contribution in [0.1, 0.15) is 11.1 Å². The highest BCUT2D eigenvalue weighted by molar-refractivity contribution is 6.30. The second-order valence-electron chi connectivity index (χ2n) is 7.42. The molecule has 0 fully saturated rings. The lowest BCUT2D eigenvalue weighted by molar-refractivity contribution is -0.140. The van der Waals surface area contributed by atoms with Crippen molar-refractivity contribution < 1.29 is 19.0 Å². The molecule has 1 N–H and O–H groups in total. The molecule has 0 saturated carbocycles. The van der Waals surface area contributed by atoms with Gasteiger partial charge in [-0.15, -0.1) is 0 Å². The van der Waals surface area contributed by atoms with Crippen molar-refractivity contribution in [2.24, 2.45) is 5.10 Å². The first-order chi connectivity index (χ1) is 17.2. The van der Waals surface area contributed by atoms with Crippen LogP contribution in [-0.2, 0) is 11.4 Å². The largest absolute Gasteiger partial charge is 0.489 e. The average molecular weight is 487 g/mol. The molecule has 1 amide bonds. The molecule has 176 valence electrons. The molecule has 4 aromatic carbocycles. The highest BCUT2D eigenvalue weighted by atomic mass is 35.5. The highest BCUT2D eigenvalue weighted by Crippen LogP contribution is 2.17. The molecule has 7 heteroatoms. The van der Waals surface area contributed by atoms with Gasteiger partial charge in [0.2, 0.25) is 0 Å². The summed E-state index contributed by atoms with van der Waals surface area (Å²) in [5, 5.41) is 4.74. The zero-order valence-electron chi connectivity index (χ0n) is 18.7. The Morgan fingerprint density at radius 1 is 0.800 bits per heavy atom. The summed E-state index contributed by atoms with van der Waals surface area (Å²) in [4.78, 5) is 12.8. The van der Waals surface area contributed by atoms with Crippen LogP contribution in [0.5, 0.6) is 17.2 Å². The van der Waals surface area contributed by atoms with Crippen LogP contribution in [0.25, 0.3) is 0 Å². The molecular weight excluding hydrogens is 464 g/mol. The Hall–Kier alpha value is -4.29. The SMILES string of the molecule is O=C(N/N=C/c1cccc(OCc2ccc(Cl)cc2)c1)C(Oc1ccccc1)Oc1ccccc1. The fourth-order valence-electron chi connectivity index (χ4n) is 3.03. The highest BCUT2D eigenvalue weighted by Gasteiger charge is 2.22. The minimum atomic E-state index is -1.23. The Balaban J connectivity index is 1.37. The quantitative estimate of drug-likeness (QED) is 0.173. The summed E-state index contributed by atoms with van der Waals surface area (Å²) in [5.41, 5.74) is 4.24. The number of hydrazone groups is 1. The molecule has 35 heavy (non-hydrogen) atoms. The Morgan fingerprint density at radius 2 is 1.40 bits per heavy atom. The van der Waals surface area contributed by atoms with E-state index in [1.165, 1.54) is 6.21 Å².